The summed E-state index contributed by atoms with van der Waals surface area (Å²) in [7, 11) is 0.392. The van der Waals surface area contributed by atoms with Crippen LogP contribution in [0.4, 0.5) is 0 Å². The van der Waals surface area contributed by atoms with E-state index in [2.05, 4.69) is 23.6 Å². The highest BCUT2D eigenvalue weighted by atomic mass is 35.5. The maximum Gasteiger partial charge on any atom is 0.127 e. The molecule has 0 amide bonds. The van der Waals surface area contributed by atoms with Crippen molar-refractivity contribution in [2.24, 2.45) is 0 Å². The number of benzene rings is 2. The first-order valence-electron chi connectivity index (χ1n) is 7.12. The van der Waals surface area contributed by atoms with Gasteiger partial charge in [-0.25, -0.2) is 0 Å². The van der Waals surface area contributed by atoms with E-state index in [0.29, 0.717) is 10.9 Å². The molecular formula is C18H17Cl2S+. The van der Waals surface area contributed by atoms with Gasteiger partial charge < -0.3 is 0 Å². The normalized spacial score (nSPS) is 16.4. The Bertz CT molecular complexity index is 641. The first-order chi connectivity index (χ1) is 10.2. The van der Waals surface area contributed by atoms with Gasteiger partial charge in [-0.3, -0.25) is 0 Å². The second kappa shape index (κ2) is 6.91. The summed E-state index contributed by atoms with van der Waals surface area (Å²) in [5.41, 5.74) is 3.67. The molecule has 1 heterocycles. The lowest BCUT2D eigenvalue weighted by Crippen LogP contribution is -2.00. The molecule has 0 unspecified atom stereocenters. The molecule has 2 aromatic rings. The van der Waals surface area contributed by atoms with E-state index in [-0.39, 0.29) is 0 Å². The van der Waals surface area contributed by atoms with E-state index in [0.717, 1.165) is 10.0 Å². The molecule has 0 bridgehead atoms. The van der Waals surface area contributed by atoms with Gasteiger partial charge in [-0.1, -0.05) is 47.5 Å². The summed E-state index contributed by atoms with van der Waals surface area (Å²) < 4.78 is 0. The molecule has 21 heavy (non-hydrogen) atoms. The van der Waals surface area contributed by atoms with Crippen molar-refractivity contribution in [3.05, 3.63) is 75.1 Å². The first-order valence-corrected chi connectivity index (χ1v) is 9.50. The number of halogens is 2. The number of hydrogen-bond donors (Lipinski definition) is 0. The van der Waals surface area contributed by atoms with Crippen LogP contribution in [0.15, 0.2) is 53.9 Å². The predicted molar refractivity (Wildman–Crippen MR) is 96.3 cm³/mol. The van der Waals surface area contributed by atoms with E-state index in [9.17, 15) is 0 Å². The van der Waals surface area contributed by atoms with Gasteiger partial charge in [0.05, 0.1) is 0 Å². The topological polar surface area (TPSA) is 0 Å². The van der Waals surface area contributed by atoms with Gasteiger partial charge in [-0.05, 0) is 48.2 Å². The van der Waals surface area contributed by atoms with E-state index >= 15 is 0 Å². The highest BCUT2D eigenvalue weighted by molar-refractivity contribution is 8.00. The van der Waals surface area contributed by atoms with Crippen molar-refractivity contribution in [1.29, 1.82) is 0 Å². The van der Waals surface area contributed by atoms with Crippen LogP contribution in [-0.2, 0) is 10.9 Å². The van der Waals surface area contributed by atoms with Gasteiger partial charge in [0.15, 0.2) is 0 Å². The SMILES string of the molecule is Clc1ccc(C(=C[S+]2CCCC2)c2cccc(Cl)c2)cc1. The smallest absolute Gasteiger partial charge is 0.0843 e. The Morgan fingerprint density at radius 1 is 0.857 bits per heavy atom. The van der Waals surface area contributed by atoms with Crippen molar-refractivity contribution >= 4 is 39.7 Å². The van der Waals surface area contributed by atoms with Crippen molar-refractivity contribution in [3.63, 3.8) is 0 Å². The Balaban J connectivity index is 2.03. The van der Waals surface area contributed by atoms with Crippen molar-refractivity contribution in [1.82, 2.24) is 0 Å². The van der Waals surface area contributed by atoms with E-state index in [4.69, 9.17) is 23.2 Å². The third-order valence-corrected chi connectivity index (χ3v) is 6.32. The van der Waals surface area contributed by atoms with Crippen LogP contribution in [0.2, 0.25) is 10.0 Å². The molecule has 1 aliphatic rings. The molecule has 0 N–H and O–H groups in total. The van der Waals surface area contributed by atoms with Crippen LogP contribution in [-0.4, -0.2) is 11.5 Å². The summed E-state index contributed by atoms with van der Waals surface area (Å²) >= 11 is 12.2. The average molecular weight is 336 g/mol. The van der Waals surface area contributed by atoms with E-state index in [1.54, 1.807) is 0 Å². The van der Waals surface area contributed by atoms with Crippen molar-refractivity contribution in [2.75, 3.05) is 11.5 Å². The Morgan fingerprint density at radius 3 is 2.24 bits per heavy atom. The van der Waals surface area contributed by atoms with E-state index < -0.39 is 0 Å². The Kier molecular flexibility index (Phi) is 4.95. The minimum Gasteiger partial charge on any atom is -0.0843 e. The van der Waals surface area contributed by atoms with Crippen LogP contribution in [0.25, 0.3) is 5.57 Å². The summed E-state index contributed by atoms with van der Waals surface area (Å²) in [6, 6.07) is 16.2. The molecule has 2 aromatic carbocycles. The molecule has 0 saturated carbocycles. The minimum absolute atomic E-state index is 0.392. The van der Waals surface area contributed by atoms with E-state index in [1.807, 2.05) is 30.3 Å². The lowest BCUT2D eigenvalue weighted by atomic mass is 10.00. The van der Waals surface area contributed by atoms with Crippen LogP contribution in [0, 0.1) is 0 Å². The quantitative estimate of drug-likeness (QED) is 0.622. The van der Waals surface area contributed by atoms with Crippen molar-refractivity contribution in [3.8, 4) is 0 Å². The Hall–Kier alpha value is -0.890. The molecule has 0 nitrogen and oxygen atoms in total. The molecule has 3 heteroatoms. The molecule has 0 aromatic heterocycles. The zero-order valence-corrected chi connectivity index (χ0v) is 14.0. The molecule has 3 rings (SSSR count). The molecule has 108 valence electrons. The highest BCUT2D eigenvalue weighted by Crippen LogP contribution is 2.29. The average Bonchev–Trinajstić information content (AvgIpc) is 2.99. The molecular weight excluding hydrogens is 319 g/mol. The van der Waals surface area contributed by atoms with Gasteiger partial charge >= 0.3 is 0 Å². The summed E-state index contributed by atoms with van der Waals surface area (Å²) in [6.45, 7) is 0. The van der Waals surface area contributed by atoms with Crippen molar-refractivity contribution in [2.45, 2.75) is 12.8 Å². The van der Waals surface area contributed by atoms with Gasteiger partial charge in [0.1, 0.15) is 16.9 Å². The lowest BCUT2D eigenvalue weighted by molar-refractivity contribution is 0.949. The number of rotatable bonds is 3. The predicted octanol–water partition coefficient (Wildman–Crippen LogP) is 5.79. The molecule has 1 fully saturated rings. The zero-order chi connectivity index (χ0) is 14.7. The monoisotopic (exact) mass is 335 g/mol. The second-order valence-electron chi connectivity index (χ2n) is 5.20. The minimum atomic E-state index is 0.392. The van der Waals surface area contributed by atoms with Crippen LogP contribution in [0.5, 0.6) is 0 Å². The lowest BCUT2D eigenvalue weighted by Gasteiger charge is -2.08. The van der Waals surface area contributed by atoms with Gasteiger partial charge in [0.2, 0.25) is 0 Å². The number of hydrogen-bond acceptors (Lipinski definition) is 0. The van der Waals surface area contributed by atoms with Crippen LogP contribution in [0.1, 0.15) is 24.0 Å². The van der Waals surface area contributed by atoms with Crippen LogP contribution >= 0.6 is 23.2 Å². The van der Waals surface area contributed by atoms with Gasteiger partial charge in [-0.2, -0.15) is 0 Å². The van der Waals surface area contributed by atoms with Gasteiger partial charge in [0, 0.05) is 26.5 Å². The largest absolute Gasteiger partial charge is 0.127 e. The van der Waals surface area contributed by atoms with Crippen LogP contribution in [0.3, 0.4) is 0 Å². The fourth-order valence-electron chi connectivity index (χ4n) is 2.55. The Labute approximate surface area is 139 Å². The van der Waals surface area contributed by atoms with Gasteiger partial charge in [0.25, 0.3) is 0 Å². The van der Waals surface area contributed by atoms with Crippen LogP contribution < -0.4 is 0 Å². The summed E-state index contributed by atoms with van der Waals surface area (Å²) in [5.74, 6) is 2.63. The summed E-state index contributed by atoms with van der Waals surface area (Å²) in [4.78, 5) is 0. The standard InChI is InChI=1S/C18H17Cl2S/c19-16-8-6-14(7-9-16)18(13-21-10-1-2-11-21)15-4-3-5-17(20)12-15/h3-9,12-13H,1-2,10-11H2/q+1. The highest BCUT2D eigenvalue weighted by Gasteiger charge is 2.23. The molecule has 0 atom stereocenters. The molecule has 1 saturated heterocycles. The zero-order valence-electron chi connectivity index (χ0n) is 11.7. The first kappa shape index (κ1) is 15.0. The second-order valence-corrected chi connectivity index (χ2v) is 8.20. The fraction of sp³-hybridized carbons (Fsp3) is 0.222. The molecule has 0 aliphatic carbocycles. The fourth-order valence-corrected chi connectivity index (χ4v) is 5.06. The maximum atomic E-state index is 6.17. The maximum absolute atomic E-state index is 6.17. The Morgan fingerprint density at radius 2 is 1.57 bits per heavy atom. The van der Waals surface area contributed by atoms with Crippen molar-refractivity contribution < 1.29 is 0 Å². The third-order valence-electron chi connectivity index (χ3n) is 3.64. The third kappa shape index (κ3) is 3.85. The van der Waals surface area contributed by atoms with E-state index in [1.165, 1.54) is 41.0 Å². The summed E-state index contributed by atoms with van der Waals surface area (Å²) in [6.07, 6.45) is 2.70. The van der Waals surface area contributed by atoms with Gasteiger partial charge in [-0.15, -0.1) is 0 Å². The molecule has 0 spiro atoms. The summed E-state index contributed by atoms with van der Waals surface area (Å²) in [5, 5.41) is 4.00. The molecule has 1 aliphatic heterocycles. The molecule has 0 radical (unpaired) electrons.